The number of methoxy groups -OCH3 is 1. The average molecular weight is 593 g/mol. The molecule has 0 aliphatic rings. The maximum absolute atomic E-state index is 14.7. The van der Waals surface area contributed by atoms with Crippen LogP contribution in [0.4, 0.5) is 17.6 Å². The number of carbonyl (C=O) groups is 2. The minimum atomic E-state index is -4.84. The fraction of sp³-hybridized carbons (Fsp3) is 0.480. The fourth-order valence-electron chi connectivity index (χ4n) is 3.35. The number of hydrogen-bond acceptors (Lipinski definition) is 8. The summed E-state index contributed by atoms with van der Waals surface area (Å²) in [7, 11) is 3.05. The first-order valence-electron chi connectivity index (χ1n) is 12.1. The zero-order chi connectivity index (χ0) is 29.8. The predicted octanol–water partition coefficient (Wildman–Crippen LogP) is 4.19. The Morgan fingerprint density at radius 3 is 2.75 bits per heavy atom. The van der Waals surface area contributed by atoms with E-state index in [1.165, 1.54) is 48.0 Å². The van der Waals surface area contributed by atoms with Crippen molar-refractivity contribution in [2.75, 3.05) is 27.3 Å². The number of rotatable bonds is 15. The number of carbonyl (C=O) groups excluding carboxylic acids is 2. The number of aromatic nitrogens is 3. The van der Waals surface area contributed by atoms with E-state index in [4.69, 9.17) is 4.74 Å². The first-order valence-corrected chi connectivity index (χ1v) is 12.9. The fourth-order valence-corrected chi connectivity index (χ4v) is 4.40. The third-order valence-corrected chi connectivity index (χ3v) is 6.59. The summed E-state index contributed by atoms with van der Waals surface area (Å²) in [5.74, 6) is -1.33. The highest BCUT2D eigenvalue weighted by atomic mass is 32.2. The highest BCUT2D eigenvalue weighted by Gasteiger charge is 2.31. The third kappa shape index (κ3) is 11.7. The molecular formula is C25H36F4N6O4S. The quantitative estimate of drug-likeness (QED) is 0.0795. The maximum Gasteiger partial charge on any atom is 0.573 e. The van der Waals surface area contributed by atoms with Crippen LogP contribution in [0.25, 0.3) is 0 Å². The number of alkyl halides is 4. The normalized spacial score (nSPS) is 14.2. The molecule has 10 nitrogen and oxygen atoms in total. The van der Waals surface area contributed by atoms with E-state index in [2.05, 4.69) is 37.3 Å². The number of hydrogen-bond donors (Lipinski definition) is 2. The maximum atomic E-state index is 14.7. The van der Waals surface area contributed by atoms with Crippen molar-refractivity contribution >= 4 is 28.6 Å². The van der Waals surface area contributed by atoms with E-state index >= 15 is 0 Å². The molecule has 0 aliphatic heterocycles. The number of nitrogens with zero attached hydrogens (tertiary/aromatic N) is 4. The van der Waals surface area contributed by atoms with E-state index in [-0.39, 0.29) is 34.4 Å². The van der Waals surface area contributed by atoms with Gasteiger partial charge in [0.1, 0.15) is 16.8 Å². The van der Waals surface area contributed by atoms with E-state index < -0.39 is 35.0 Å². The zero-order valence-electron chi connectivity index (χ0n) is 22.3. The van der Waals surface area contributed by atoms with Gasteiger partial charge in [0, 0.05) is 23.6 Å². The third-order valence-electron chi connectivity index (χ3n) is 5.27. The van der Waals surface area contributed by atoms with Crippen LogP contribution in [0.2, 0.25) is 0 Å². The van der Waals surface area contributed by atoms with Crippen molar-refractivity contribution in [3.8, 4) is 5.75 Å². The summed E-state index contributed by atoms with van der Waals surface area (Å²) in [5, 5.41) is 13.5. The van der Waals surface area contributed by atoms with E-state index in [0.29, 0.717) is 23.8 Å². The van der Waals surface area contributed by atoms with Gasteiger partial charge in [0.05, 0.1) is 30.8 Å². The van der Waals surface area contributed by atoms with Gasteiger partial charge in [0.25, 0.3) is 5.91 Å². The molecule has 0 bridgehead atoms. The van der Waals surface area contributed by atoms with Crippen molar-refractivity contribution < 1.29 is 39.5 Å². The smallest absolute Gasteiger partial charge is 0.406 e. The molecule has 1 aromatic heterocycles. The van der Waals surface area contributed by atoms with Gasteiger partial charge in [-0.3, -0.25) is 14.6 Å². The van der Waals surface area contributed by atoms with Crippen LogP contribution in [0, 0.1) is 0 Å². The van der Waals surface area contributed by atoms with Gasteiger partial charge in [-0.1, -0.05) is 41.8 Å². The first-order chi connectivity index (χ1) is 18.9. The number of benzene rings is 1. The summed E-state index contributed by atoms with van der Waals surface area (Å²) in [4.78, 5) is 27.8. The molecule has 40 heavy (non-hydrogen) atoms. The number of ether oxygens (including phenoxy) is 2. The van der Waals surface area contributed by atoms with E-state index in [1.807, 2.05) is 0 Å². The van der Waals surface area contributed by atoms with Gasteiger partial charge in [-0.2, -0.15) is 0 Å². The van der Waals surface area contributed by atoms with Gasteiger partial charge in [0.15, 0.2) is 5.69 Å². The van der Waals surface area contributed by atoms with Crippen molar-refractivity contribution in [1.82, 2.24) is 25.6 Å². The molecule has 2 amide bonds. The van der Waals surface area contributed by atoms with Crippen LogP contribution in [0.3, 0.4) is 0 Å². The number of thioether (sulfide) groups is 1. The molecule has 2 N–H and O–H groups in total. The Hall–Kier alpha value is -3.46. The van der Waals surface area contributed by atoms with Crippen molar-refractivity contribution in [2.24, 2.45) is 4.99 Å². The Labute approximate surface area is 236 Å². The van der Waals surface area contributed by atoms with Crippen LogP contribution >= 0.6 is 11.8 Å². The molecule has 0 fully saturated rings. The van der Waals surface area contributed by atoms with E-state index in [9.17, 15) is 27.2 Å². The molecule has 2 aromatic rings. The molecule has 2 rings (SSSR count). The Balaban J connectivity index is 0.00000840. The molecule has 0 saturated heterocycles. The molecule has 2 unspecified atom stereocenters. The van der Waals surface area contributed by atoms with E-state index in [0.717, 1.165) is 12.1 Å². The van der Waals surface area contributed by atoms with Gasteiger partial charge in [-0.05, 0) is 37.5 Å². The highest BCUT2D eigenvalue weighted by molar-refractivity contribution is 8.15. The second kappa shape index (κ2) is 15.4. The molecule has 224 valence electrons. The highest BCUT2D eigenvalue weighted by Crippen LogP contribution is 2.28. The summed E-state index contributed by atoms with van der Waals surface area (Å²) in [5.41, 5.74) is 0.385. The lowest BCUT2D eigenvalue weighted by Gasteiger charge is -2.27. The lowest BCUT2D eigenvalue weighted by Crippen LogP contribution is -2.43. The summed E-state index contributed by atoms with van der Waals surface area (Å²) in [6, 6.07) is 5.15. The summed E-state index contributed by atoms with van der Waals surface area (Å²) in [6.07, 6.45) is -3.18. The monoisotopic (exact) mass is 592 g/mol. The van der Waals surface area contributed by atoms with Crippen molar-refractivity contribution in [3.05, 3.63) is 54.4 Å². The number of aliphatic imine (C=N–C) groups is 1. The standard InChI is InChI=1S/C25H32F4N6O4S.2H2/c1-5-24(2,32-21(36)14-17-7-6-8-19(13-17)39-25(27,28)29)40-22(30-3)10-9-18(26)15-35-16-20(33-34-35)23(37)31-11-12-38-4;;/h5-8,13,16,18H,1,9-12,14-15H2,2-4H3,(H,31,37)(H,32,36);2*1H. The lowest BCUT2D eigenvalue weighted by atomic mass is 10.1. The average Bonchev–Trinajstić information content (AvgIpc) is 3.34. The largest absolute Gasteiger partial charge is 0.573 e. The Morgan fingerprint density at radius 1 is 1.35 bits per heavy atom. The molecule has 0 spiro atoms. The van der Waals surface area contributed by atoms with Crippen LogP contribution in [0.15, 0.2) is 48.1 Å². The number of nitrogens with one attached hydrogen (secondary N) is 2. The van der Waals surface area contributed by atoms with Crippen LogP contribution in [0.5, 0.6) is 5.75 Å². The van der Waals surface area contributed by atoms with Crippen molar-refractivity contribution in [1.29, 1.82) is 0 Å². The van der Waals surface area contributed by atoms with Gasteiger partial charge < -0.3 is 20.1 Å². The molecule has 0 saturated carbocycles. The van der Waals surface area contributed by atoms with Crippen LogP contribution in [-0.4, -0.2) is 76.6 Å². The Kier molecular flexibility index (Phi) is 12.6. The molecule has 0 radical (unpaired) electrons. The molecular weight excluding hydrogens is 556 g/mol. The minimum absolute atomic E-state index is 0. The molecule has 1 aromatic carbocycles. The van der Waals surface area contributed by atoms with Crippen LogP contribution in [-0.2, 0) is 22.5 Å². The molecule has 1 heterocycles. The molecule has 0 aliphatic carbocycles. The van der Waals surface area contributed by atoms with Crippen molar-refractivity contribution in [3.63, 3.8) is 0 Å². The zero-order valence-corrected chi connectivity index (χ0v) is 23.1. The molecule has 15 heteroatoms. The summed E-state index contributed by atoms with van der Waals surface area (Å²) in [6.45, 7) is 5.97. The van der Waals surface area contributed by atoms with E-state index in [1.54, 1.807) is 14.0 Å². The second-order valence-electron chi connectivity index (χ2n) is 8.66. The van der Waals surface area contributed by atoms with Crippen LogP contribution < -0.4 is 15.4 Å². The van der Waals surface area contributed by atoms with Gasteiger partial charge >= 0.3 is 6.36 Å². The van der Waals surface area contributed by atoms with Crippen molar-refractivity contribution in [2.45, 2.75) is 50.1 Å². The van der Waals surface area contributed by atoms with Gasteiger partial charge in [-0.25, -0.2) is 9.07 Å². The predicted molar refractivity (Wildman–Crippen MR) is 147 cm³/mol. The van der Waals surface area contributed by atoms with Crippen LogP contribution in [0.1, 0.15) is 38.7 Å². The Bertz CT molecular complexity index is 1190. The summed E-state index contributed by atoms with van der Waals surface area (Å²) >= 11 is 1.17. The minimum Gasteiger partial charge on any atom is -0.406 e. The number of amides is 2. The van der Waals surface area contributed by atoms with Gasteiger partial charge in [0.2, 0.25) is 5.91 Å². The second-order valence-corrected chi connectivity index (χ2v) is 10.2. The SMILES string of the molecule is C=CC(C)(NC(=O)Cc1cccc(OC(F)(F)F)c1)SC(CCC(F)Cn1cc(C(=O)NCCOC)nn1)=NC.[HH].[HH]. The van der Waals surface area contributed by atoms with Gasteiger partial charge in [-0.15, -0.1) is 18.3 Å². The molecule has 2 atom stereocenters. The number of halogens is 4. The topological polar surface area (TPSA) is 120 Å². The Morgan fingerprint density at radius 2 is 2.10 bits per heavy atom. The summed E-state index contributed by atoms with van der Waals surface area (Å²) < 4.78 is 62.2. The first kappa shape index (κ1) is 32.8. The lowest BCUT2D eigenvalue weighted by molar-refractivity contribution is -0.274.